The van der Waals surface area contributed by atoms with E-state index in [9.17, 15) is 23.1 Å². The molecule has 0 unspecified atom stereocenters. The number of hydrogen-bond donors (Lipinski definition) is 3. The molecule has 3 rings (SSSR count). The molecule has 2 aromatic carbocycles. The number of amides is 1. The number of aliphatic hydroxyl groups excluding tert-OH is 1. The first kappa shape index (κ1) is 21.1. The quantitative estimate of drug-likeness (QED) is 0.508. The monoisotopic (exact) mass is 425 g/mol. The highest BCUT2D eigenvalue weighted by Crippen LogP contribution is 2.22. The van der Waals surface area contributed by atoms with Crippen LogP contribution in [0.2, 0.25) is 5.02 Å². The van der Waals surface area contributed by atoms with Crippen molar-refractivity contribution >= 4 is 29.2 Å². The van der Waals surface area contributed by atoms with E-state index in [1.54, 1.807) is 0 Å². The first-order chi connectivity index (χ1) is 13.8. The Morgan fingerprint density at radius 2 is 1.76 bits per heavy atom. The molecule has 154 valence electrons. The largest absolute Gasteiger partial charge is 0.393 e. The van der Waals surface area contributed by atoms with Crippen LogP contribution in [0.1, 0.15) is 36.0 Å². The Hall–Kier alpha value is -2.58. The molecule has 0 aromatic heterocycles. The molecule has 9 heteroatoms. The molecule has 5 nitrogen and oxygen atoms in total. The molecule has 1 saturated carbocycles. The van der Waals surface area contributed by atoms with Gasteiger partial charge in [0.2, 0.25) is 5.96 Å². The van der Waals surface area contributed by atoms with E-state index < -0.39 is 23.4 Å². The summed E-state index contributed by atoms with van der Waals surface area (Å²) < 4.78 is 40.2. The van der Waals surface area contributed by atoms with Crippen LogP contribution in [-0.2, 0) is 0 Å². The lowest BCUT2D eigenvalue weighted by Crippen LogP contribution is -2.37. The molecule has 1 aliphatic rings. The molecule has 1 fully saturated rings. The average molecular weight is 426 g/mol. The van der Waals surface area contributed by atoms with Gasteiger partial charge in [0.25, 0.3) is 5.91 Å². The lowest BCUT2D eigenvalue weighted by atomic mass is 9.94. The van der Waals surface area contributed by atoms with Crippen molar-refractivity contribution in [3.05, 3.63) is 64.4 Å². The van der Waals surface area contributed by atoms with Crippen LogP contribution >= 0.6 is 11.6 Å². The molecule has 0 bridgehead atoms. The van der Waals surface area contributed by atoms with Gasteiger partial charge < -0.3 is 10.4 Å². The van der Waals surface area contributed by atoms with E-state index in [1.165, 1.54) is 12.1 Å². The predicted molar refractivity (Wildman–Crippen MR) is 105 cm³/mol. The van der Waals surface area contributed by atoms with Crippen LogP contribution in [0.25, 0.3) is 0 Å². The molecule has 3 N–H and O–H groups in total. The standard InChI is InChI=1S/C20H19ClF3N3O2/c21-12-8-13(22)10-15(9-12)26-20(25-14-2-4-16(28)5-3-14)27-19(29)11-1-6-17(23)18(24)7-11/h1,6-10,14,16,28H,2-5H2,(H2,25,26,27,29). The van der Waals surface area contributed by atoms with E-state index in [0.717, 1.165) is 24.3 Å². The third-order valence-electron chi connectivity index (χ3n) is 4.52. The van der Waals surface area contributed by atoms with Gasteiger partial charge in [0.1, 0.15) is 5.82 Å². The minimum Gasteiger partial charge on any atom is -0.393 e. The molecule has 29 heavy (non-hydrogen) atoms. The van der Waals surface area contributed by atoms with Crippen LogP contribution in [0, 0.1) is 17.5 Å². The Kier molecular flexibility index (Phi) is 6.76. The van der Waals surface area contributed by atoms with Crippen molar-refractivity contribution < 1.29 is 23.1 Å². The van der Waals surface area contributed by atoms with E-state index >= 15 is 0 Å². The van der Waals surface area contributed by atoms with Crippen LogP contribution in [0.3, 0.4) is 0 Å². The van der Waals surface area contributed by atoms with E-state index in [-0.39, 0.29) is 34.4 Å². The molecule has 0 heterocycles. The summed E-state index contributed by atoms with van der Waals surface area (Å²) in [4.78, 5) is 16.9. The highest BCUT2D eigenvalue weighted by molar-refractivity contribution is 6.31. The van der Waals surface area contributed by atoms with E-state index in [1.807, 2.05) is 0 Å². The van der Waals surface area contributed by atoms with Gasteiger partial charge in [0, 0.05) is 16.3 Å². The Bertz CT molecular complexity index is 911. The number of guanidine groups is 1. The predicted octanol–water partition coefficient (Wildman–Crippen LogP) is 4.26. The number of halogens is 4. The molecule has 0 aliphatic heterocycles. The normalized spacial score (nSPS) is 19.7. The third-order valence-corrected chi connectivity index (χ3v) is 4.74. The zero-order chi connectivity index (χ0) is 21.0. The number of nitrogens with one attached hydrogen (secondary N) is 2. The van der Waals surface area contributed by atoms with Crippen LogP contribution in [0.4, 0.5) is 18.9 Å². The van der Waals surface area contributed by atoms with Gasteiger partial charge in [-0.15, -0.1) is 0 Å². The average Bonchev–Trinajstić information content (AvgIpc) is 2.65. The number of aliphatic imine (C=N–C) groups is 1. The minimum atomic E-state index is -1.15. The second kappa shape index (κ2) is 9.28. The molecular formula is C20H19ClF3N3O2. The van der Waals surface area contributed by atoms with Gasteiger partial charge in [-0.3, -0.25) is 10.1 Å². The van der Waals surface area contributed by atoms with E-state index in [2.05, 4.69) is 15.6 Å². The number of rotatable bonds is 3. The van der Waals surface area contributed by atoms with Gasteiger partial charge in [-0.05, 0) is 62.1 Å². The van der Waals surface area contributed by atoms with Crippen LogP contribution in [-0.4, -0.2) is 29.1 Å². The Morgan fingerprint density at radius 3 is 2.41 bits per heavy atom. The number of benzene rings is 2. The van der Waals surface area contributed by atoms with Gasteiger partial charge in [0.05, 0.1) is 12.1 Å². The maximum Gasteiger partial charge on any atom is 0.258 e. The number of nitrogens with zero attached hydrogens (tertiary/aromatic N) is 1. The van der Waals surface area contributed by atoms with Gasteiger partial charge in [0.15, 0.2) is 11.6 Å². The summed E-state index contributed by atoms with van der Waals surface area (Å²) in [5, 5.41) is 15.1. The fraction of sp³-hybridized carbons (Fsp3) is 0.300. The summed E-state index contributed by atoms with van der Waals surface area (Å²) in [5.74, 6) is -3.49. The second-order valence-electron chi connectivity index (χ2n) is 6.81. The summed E-state index contributed by atoms with van der Waals surface area (Å²) in [7, 11) is 0. The zero-order valence-corrected chi connectivity index (χ0v) is 16.0. The second-order valence-corrected chi connectivity index (χ2v) is 7.24. The summed E-state index contributed by atoms with van der Waals surface area (Å²) in [5.41, 5.74) is 0.157. The fourth-order valence-electron chi connectivity index (χ4n) is 3.05. The molecule has 1 aliphatic carbocycles. The Morgan fingerprint density at radius 1 is 1.03 bits per heavy atom. The maximum absolute atomic E-state index is 13.6. The van der Waals surface area contributed by atoms with Crippen LogP contribution in [0.15, 0.2) is 41.4 Å². The maximum atomic E-state index is 13.6. The summed E-state index contributed by atoms with van der Waals surface area (Å²) in [6.07, 6.45) is 1.99. The first-order valence-corrected chi connectivity index (χ1v) is 9.43. The molecule has 1 amide bonds. The molecule has 0 atom stereocenters. The lowest BCUT2D eigenvalue weighted by molar-refractivity contribution is 0.0975. The molecule has 0 spiro atoms. The van der Waals surface area contributed by atoms with Crippen molar-refractivity contribution in [3.63, 3.8) is 0 Å². The fourth-order valence-corrected chi connectivity index (χ4v) is 3.27. The lowest BCUT2D eigenvalue weighted by Gasteiger charge is -2.23. The van der Waals surface area contributed by atoms with Gasteiger partial charge in [-0.1, -0.05) is 11.6 Å². The highest BCUT2D eigenvalue weighted by Gasteiger charge is 2.20. The topological polar surface area (TPSA) is 73.7 Å². The number of carbonyl (C=O) groups excluding carboxylic acids is 1. The Balaban J connectivity index is 1.83. The molecule has 0 saturated heterocycles. The summed E-state index contributed by atoms with van der Waals surface area (Å²) in [6, 6.07) is 6.36. The smallest absolute Gasteiger partial charge is 0.258 e. The summed E-state index contributed by atoms with van der Waals surface area (Å²) in [6.45, 7) is 0. The number of anilines is 1. The number of aliphatic hydroxyl groups is 1. The van der Waals surface area contributed by atoms with Crippen LogP contribution < -0.4 is 10.6 Å². The molecule has 0 radical (unpaired) electrons. The van der Waals surface area contributed by atoms with Crippen molar-refractivity contribution in [1.82, 2.24) is 5.32 Å². The first-order valence-electron chi connectivity index (χ1n) is 9.05. The Labute approximate surface area is 170 Å². The SMILES string of the molecule is O=C(NC(=NC1CCC(O)CC1)Nc1cc(F)cc(Cl)c1)c1ccc(F)c(F)c1. The third kappa shape index (κ3) is 5.95. The van der Waals surface area contributed by atoms with Crippen LogP contribution in [0.5, 0.6) is 0 Å². The number of hydrogen-bond acceptors (Lipinski definition) is 3. The minimum absolute atomic E-state index is 0.0165. The zero-order valence-electron chi connectivity index (χ0n) is 15.3. The van der Waals surface area contributed by atoms with E-state index in [4.69, 9.17) is 11.6 Å². The van der Waals surface area contributed by atoms with Crippen molar-refractivity contribution in [2.75, 3.05) is 5.32 Å². The van der Waals surface area contributed by atoms with Gasteiger partial charge in [-0.2, -0.15) is 0 Å². The van der Waals surface area contributed by atoms with Crippen molar-refractivity contribution in [1.29, 1.82) is 0 Å². The number of carbonyl (C=O) groups is 1. The van der Waals surface area contributed by atoms with Crippen molar-refractivity contribution in [3.8, 4) is 0 Å². The van der Waals surface area contributed by atoms with Gasteiger partial charge >= 0.3 is 0 Å². The molecular weight excluding hydrogens is 407 g/mol. The highest BCUT2D eigenvalue weighted by atomic mass is 35.5. The van der Waals surface area contributed by atoms with Crippen molar-refractivity contribution in [2.45, 2.75) is 37.8 Å². The summed E-state index contributed by atoms with van der Waals surface area (Å²) >= 11 is 5.86. The van der Waals surface area contributed by atoms with Gasteiger partial charge in [-0.25, -0.2) is 18.2 Å². The molecule has 2 aromatic rings. The van der Waals surface area contributed by atoms with E-state index in [0.29, 0.717) is 25.7 Å². The van der Waals surface area contributed by atoms with Crippen molar-refractivity contribution in [2.24, 2.45) is 4.99 Å².